The Kier molecular flexibility index (Phi) is 2.67. The van der Waals surface area contributed by atoms with Gasteiger partial charge in [-0.15, -0.1) is 5.73 Å². The summed E-state index contributed by atoms with van der Waals surface area (Å²) in [5.74, 6) is 0. The molecule has 1 aliphatic rings. The fourth-order valence-electron chi connectivity index (χ4n) is 0.957. The molecule has 2 heteroatoms. The van der Waals surface area contributed by atoms with Crippen molar-refractivity contribution in [2.75, 3.05) is 0 Å². The van der Waals surface area contributed by atoms with Crippen molar-refractivity contribution >= 4 is 6.29 Å². The van der Waals surface area contributed by atoms with Crippen molar-refractivity contribution in [1.82, 2.24) is 0 Å². The van der Waals surface area contributed by atoms with Gasteiger partial charge in [-0.3, -0.25) is 4.79 Å². The Labute approximate surface area is 71.8 Å². The molecule has 0 saturated carbocycles. The summed E-state index contributed by atoms with van der Waals surface area (Å²) in [4.78, 5) is 10.5. The normalized spacial score (nSPS) is 23.9. The zero-order valence-electron chi connectivity index (χ0n) is 7.00. The van der Waals surface area contributed by atoms with Crippen molar-refractivity contribution in [1.29, 1.82) is 0 Å². The van der Waals surface area contributed by atoms with E-state index in [-0.39, 0.29) is 0 Å². The van der Waals surface area contributed by atoms with Gasteiger partial charge in [0.05, 0.1) is 5.57 Å². The molecule has 0 aliphatic heterocycles. The molecule has 1 aliphatic carbocycles. The summed E-state index contributed by atoms with van der Waals surface area (Å²) in [6.45, 7) is 1.92. The van der Waals surface area contributed by atoms with Gasteiger partial charge in [0.2, 0.25) is 0 Å². The Morgan fingerprint density at radius 1 is 1.67 bits per heavy atom. The van der Waals surface area contributed by atoms with Crippen LogP contribution in [0.3, 0.4) is 0 Å². The first-order valence-corrected chi connectivity index (χ1v) is 3.78. The van der Waals surface area contributed by atoms with E-state index in [0.29, 0.717) is 11.3 Å². The molecule has 1 rings (SSSR count). The summed E-state index contributed by atoms with van der Waals surface area (Å²) < 4.78 is 0. The molecule has 0 amide bonds. The number of nitrogens with two attached hydrogens (primary N) is 1. The number of aldehydes is 1. The van der Waals surface area contributed by atoms with Gasteiger partial charge in [-0.1, -0.05) is 12.2 Å². The molecule has 2 nitrogen and oxygen atoms in total. The van der Waals surface area contributed by atoms with Crippen molar-refractivity contribution in [3.8, 4) is 0 Å². The predicted octanol–water partition coefficient (Wildman–Crippen LogP) is 1.46. The number of hydrogen-bond donors (Lipinski definition) is 1. The molecule has 0 aromatic rings. The van der Waals surface area contributed by atoms with Crippen LogP contribution in [-0.2, 0) is 4.79 Å². The van der Waals surface area contributed by atoms with Crippen molar-refractivity contribution < 1.29 is 4.79 Å². The van der Waals surface area contributed by atoms with Gasteiger partial charge in [0.25, 0.3) is 0 Å². The highest BCUT2D eigenvalue weighted by molar-refractivity contribution is 5.79. The van der Waals surface area contributed by atoms with Crippen LogP contribution < -0.4 is 5.73 Å². The van der Waals surface area contributed by atoms with Gasteiger partial charge in [0.1, 0.15) is 0 Å². The Morgan fingerprint density at radius 2 is 2.42 bits per heavy atom. The zero-order valence-corrected chi connectivity index (χ0v) is 7.00. The molecule has 0 bridgehead atoms. The van der Waals surface area contributed by atoms with E-state index in [9.17, 15) is 4.79 Å². The van der Waals surface area contributed by atoms with Crippen LogP contribution in [-0.4, -0.2) is 6.29 Å². The summed E-state index contributed by atoms with van der Waals surface area (Å²) in [6.07, 6.45) is 7.10. The summed E-state index contributed by atoms with van der Waals surface area (Å²) in [7, 11) is 0. The van der Waals surface area contributed by atoms with Crippen LogP contribution in [0.5, 0.6) is 0 Å². The highest BCUT2D eigenvalue weighted by atomic mass is 16.1. The molecule has 0 saturated heterocycles. The second-order valence-electron chi connectivity index (χ2n) is 2.69. The van der Waals surface area contributed by atoms with Crippen molar-refractivity contribution in [2.45, 2.75) is 13.3 Å². The molecule has 0 atom stereocenters. The summed E-state index contributed by atoms with van der Waals surface area (Å²) in [5, 5.41) is 0. The first kappa shape index (κ1) is 8.57. The average Bonchev–Trinajstić information content (AvgIpc) is 2.05. The lowest BCUT2D eigenvalue weighted by Crippen LogP contribution is -2.01. The molecular formula is C10H11NO. The van der Waals surface area contributed by atoms with E-state index in [1.54, 1.807) is 6.08 Å². The van der Waals surface area contributed by atoms with E-state index in [0.717, 1.165) is 18.3 Å². The summed E-state index contributed by atoms with van der Waals surface area (Å²) in [6, 6.07) is 0. The first-order chi connectivity index (χ1) is 5.74. The van der Waals surface area contributed by atoms with Crippen LogP contribution in [0.15, 0.2) is 40.8 Å². The second-order valence-corrected chi connectivity index (χ2v) is 2.69. The van der Waals surface area contributed by atoms with Crippen LogP contribution in [0.25, 0.3) is 0 Å². The monoisotopic (exact) mass is 161 g/mol. The minimum absolute atomic E-state index is 0.442. The lowest BCUT2D eigenvalue weighted by molar-refractivity contribution is -0.104. The minimum atomic E-state index is 0.442. The van der Waals surface area contributed by atoms with E-state index in [1.807, 2.05) is 19.1 Å². The second kappa shape index (κ2) is 3.74. The third-order valence-corrected chi connectivity index (χ3v) is 1.61. The lowest BCUT2D eigenvalue weighted by atomic mass is 10.1. The molecule has 12 heavy (non-hydrogen) atoms. The van der Waals surface area contributed by atoms with Gasteiger partial charge in [0.15, 0.2) is 6.29 Å². The molecule has 0 aromatic carbocycles. The average molecular weight is 161 g/mol. The van der Waals surface area contributed by atoms with Gasteiger partial charge in [-0.2, -0.15) is 0 Å². The Bertz CT molecular complexity index is 315. The van der Waals surface area contributed by atoms with E-state index in [1.165, 1.54) is 0 Å². The summed E-state index contributed by atoms with van der Waals surface area (Å²) >= 11 is 0. The molecule has 0 unspecified atom stereocenters. The first-order valence-electron chi connectivity index (χ1n) is 3.78. The van der Waals surface area contributed by atoms with Crippen molar-refractivity contribution in [3.63, 3.8) is 0 Å². The highest BCUT2D eigenvalue weighted by Gasteiger charge is 1.98. The lowest BCUT2D eigenvalue weighted by Gasteiger charge is -1.99. The third kappa shape index (κ3) is 1.97. The van der Waals surface area contributed by atoms with Crippen LogP contribution in [0.4, 0.5) is 0 Å². The minimum Gasteiger partial charge on any atom is -0.398 e. The molecule has 0 heterocycles. The number of carbonyl (C=O) groups is 1. The van der Waals surface area contributed by atoms with Gasteiger partial charge < -0.3 is 5.73 Å². The van der Waals surface area contributed by atoms with E-state index in [4.69, 9.17) is 5.73 Å². The van der Waals surface area contributed by atoms with Gasteiger partial charge >= 0.3 is 0 Å². The molecule has 2 N–H and O–H groups in total. The predicted molar refractivity (Wildman–Crippen MR) is 48.3 cm³/mol. The fraction of sp³-hybridized carbons (Fsp3) is 0.200. The number of hydrogen-bond acceptors (Lipinski definition) is 2. The topological polar surface area (TPSA) is 43.1 Å². The van der Waals surface area contributed by atoms with Crippen LogP contribution >= 0.6 is 0 Å². The van der Waals surface area contributed by atoms with Gasteiger partial charge in [-0.05, 0) is 25.0 Å². The standard InChI is InChI=1S/C10H11NO/c1-8-4-2-3-5-10(11)9(6-8)7-12/h2-3,5,7H,4,11H2,1H3/b3-2-,10-5+. The number of allylic oxidation sites excluding steroid dienone is 4. The SMILES string of the molecule is CC1=C=C(C=O)/C(N)=C\C=C/C1. The number of rotatable bonds is 1. The Hall–Kier alpha value is -1.53. The molecule has 0 spiro atoms. The smallest absolute Gasteiger partial charge is 0.159 e. The third-order valence-electron chi connectivity index (χ3n) is 1.61. The molecule has 62 valence electrons. The maximum Gasteiger partial charge on any atom is 0.159 e. The number of carbonyl (C=O) groups excluding carboxylic acids is 1. The van der Waals surface area contributed by atoms with Gasteiger partial charge in [0, 0.05) is 5.70 Å². The van der Waals surface area contributed by atoms with Gasteiger partial charge in [-0.25, -0.2) is 0 Å². The molecular weight excluding hydrogens is 150 g/mol. The maximum atomic E-state index is 10.5. The zero-order chi connectivity index (χ0) is 8.97. The quantitative estimate of drug-likeness (QED) is 0.467. The molecule has 0 fully saturated rings. The maximum absolute atomic E-state index is 10.5. The van der Waals surface area contributed by atoms with Crippen LogP contribution in [0, 0.1) is 0 Å². The van der Waals surface area contributed by atoms with Crippen molar-refractivity contribution in [2.24, 2.45) is 5.73 Å². The van der Waals surface area contributed by atoms with Crippen molar-refractivity contribution in [3.05, 3.63) is 40.8 Å². The Balaban J connectivity index is 3.19. The highest BCUT2D eigenvalue weighted by Crippen LogP contribution is 2.07. The van der Waals surface area contributed by atoms with E-state index in [2.05, 4.69) is 5.73 Å². The Morgan fingerprint density at radius 3 is 3.08 bits per heavy atom. The molecule has 0 aromatic heterocycles. The summed E-state index contributed by atoms with van der Waals surface area (Å²) in [5.41, 5.74) is 10.5. The van der Waals surface area contributed by atoms with Crippen LogP contribution in [0.1, 0.15) is 13.3 Å². The van der Waals surface area contributed by atoms with Crippen LogP contribution in [0.2, 0.25) is 0 Å². The fourth-order valence-corrected chi connectivity index (χ4v) is 0.957. The molecule has 0 radical (unpaired) electrons. The van der Waals surface area contributed by atoms with E-state index >= 15 is 0 Å². The van der Waals surface area contributed by atoms with E-state index < -0.39 is 0 Å². The largest absolute Gasteiger partial charge is 0.398 e.